The van der Waals surface area contributed by atoms with E-state index in [1.54, 1.807) is 0 Å². The van der Waals surface area contributed by atoms with E-state index in [1.165, 1.54) is 0 Å². The molecule has 0 aliphatic heterocycles. The van der Waals surface area contributed by atoms with Gasteiger partial charge in [-0.1, -0.05) is 20.3 Å². The van der Waals surface area contributed by atoms with Gasteiger partial charge in [-0.05, 0) is 12.8 Å². The fourth-order valence-corrected chi connectivity index (χ4v) is 1.71. The molecule has 2 nitrogen and oxygen atoms in total. The Morgan fingerprint density at radius 1 is 1.55 bits per heavy atom. The first-order chi connectivity index (χ1) is 4.99. The van der Waals surface area contributed by atoms with Crippen LogP contribution in [0.4, 0.5) is 4.20 Å². The second-order valence-electron chi connectivity index (χ2n) is 2.67. The third-order valence-electron chi connectivity index (χ3n) is 1.40. The average Bonchev–Trinajstić information content (AvgIpc) is 1.84. The maximum atomic E-state index is 12.5. The Balaban J connectivity index is 3.78. The molecule has 68 valence electrons. The van der Waals surface area contributed by atoms with Crippen LogP contribution in [-0.2, 0) is 9.09 Å². The van der Waals surface area contributed by atoms with Gasteiger partial charge < -0.3 is 4.52 Å². The molecule has 0 bridgehead atoms. The number of rotatable bonds is 5. The minimum absolute atomic E-state index is 0.180. The Bertz CT molecular complexity index is 143. The van der Waals surface area contributed by atoms with Gasteiger partial charge in [-0.2, -0.15) is 4.20 Å². The Kier molecular flexibility index (Phi) is 4.94. The summed E-state index contributed by atoms with van der Waals surface area (Å²) in [5.74, 6) is 0. The standard InChI is InChI=1S/C7H16FO2P/c1-4-6-7(5-2)10-11(3,8)9/h7H,4-6H2,1-3H3. The summed E-state index contributed by atoms with van der Waals surface area (Å²) in [6.45, 7) is 4.89. The molecule has 0 heterocycles. The predicted octanol–water partition coefficient (Wildman–Crippen LogP) is 3.37. The monoisotopic (exact) mass is 182 g/mol. The Hall–Kier alpha value is 0.120. The van der Waals surface area contributed by atoms with Gasteiger partial charge in [-0.15, -0.1) is 0 Å². The number of hydrogen-bond donors (Lipinski definition) is 0. The van der Waals surface area contributed by atoms with Crippen molar-refractivity contribution in [1.82, 2.24) is 0 Å². The normalized spacial score (nSPS) is 19.3. The third-order valence-corrected chi connectivity index (χ3v) is 2.08. The van der Waals surface area contributed by atoms with Crippen LogP contribution in [-0.4, -0.2) is 12.8 Å². The molecule has 0 aliphatic carbocycles. The summed E-state index contributed by atoms with van der Waals surface area (Å²) in [6.07, 6.45) is 2.24. The van der Waals surface area contributed by atoms with Gasteiger partial charge in [0.25, 0.3) is 0 Å². The first-order valence-electron chi connectivity index (χ1n) is 3.95. The van der Waals surface area contributed by atoms with E-state index in [2.05, 4.69) is 0 Å². The zero-order valence-electron chi connectivity index (χ0n) is 7.34. The first kappa shape index (κ1) is 11.1. The fraction of sp³-hybridized carbons (Fsp3) is 1.00. The molecule has 0 N–H and O–H groups in total. The van der Waals surface area contributed by atoms with Crippen LogP contribution < -0.4 is 0 Å². The Morgan fingerprint density at radius 2 is 2.09 bits per heavy atom. The summed E-state index contributed by atoms with van der Waals surface area (Å²) in [4.78, 5) is 0. The molecule has 0 spiro atoms. The topological polar surface area (TPSA) is 26.3 Å². The molecule has 11 heavy (non-hydrogen) atoms. The maximum Gasteiger partial charge on any atom is 0.364 e. The van der Waals surface area contributed by atoms with Crippen molar-refractivity contribution in [2.45, 2.75) is 39.2 Å². The third kappa shape index (κ3) is 6.52. The second kappa shape index (κ2) is 4.89. The van der Waals surface area contributed by atoms with Crippen LogP contribution in [0.3, 0.4) is 0 Å². The quantitative estimate of drug-likeness (QED) is 0.609. The van der Waals surface area contributed by atoms with Gasteiger partial charge in [0.15, 0.2) is 0 Å². The maximum absolute atomic E-state index is 12.5. The second-order valence-corrected chi connectivity index (χ2v) is 4.38. The van der Waals surface area contributed by atoms with Crippen molar-refractivity contribution in [3.05, 3.63) is 0 Å². The summed E-state index contributed by atoms with van der Waals surface area (Å²) >= 11 is 0. The van der Waals surface area contributed by atoms with Gasteiger partial charge in [0.1, 0.15) is 0 Å². The van der Waals surface area contributed by atoms with Crippen molar-refractivity contribution in [2.24, 2.45) is 0 Å². The molecule has 0 radical (unpaired) electrons. The molecule has 0 aromatic carbocycles. The van der Waals surface area contributed by atoms with Crippen LogP contribution >= 0.6 is 7.68 Å². The van der Waals surface area contributed by atoms with Crippen molar-refractivity contribution in [2.75, 3.05) is 6.66 Å². The van der Waals surface area contributed by atoms with E-state index in [-0.39, 0.29) is 6.10 Å². The van der Waals surface area contributed by atoms with E-state index < -0.39 is 7.68 Å². The van der Waals surface area contributed by atoms with Crippen LogP contribution in [0.1, 0.15) is 33.1 Å². The van der Waals surface area contributed by atoms with Crippen molar-refractivity contribution >= 4 is 7.68 Å². The van der Waals surface area contributed by atoms with Crippen LogP contribution in [0.25, 0.3) is 0 Å². The van der Waals surface area contributed by atoms with E-state index in [0.29, 0.717) is 0 Å². The van der Waals surface area contributed by atoms with E-state index >= 15 is 0 Å². The van der Waals surface area contributed by atoms with E-state index in [1.807, 2.05) is 13.8 Å². The number of halogens is 1. The Morgan fingerprint density at radius 3 is 2.36 bits per heavy atom. The molecule has 0 fully saturated rings. The predicted molar refractivity (Wildman–Crippen MR) is 44.7 cm³/mol. The zero-order valence-corrected chi connectivity index (χ0v) is 8.23. The summed E-state index contributed by atoms with van der Waals surface area (Å²) < 4.78 is 27.8. The summed E-state index contributed by atoms with van der Waals surface area (Å²) in [6, 6.07) is 0. The molecule has 0 aromatic rings. The van der Waals surface area contributed by atoms with Gasteiger partial charge in [0.05, 0.1) is 6.10 Å². The lowest BCUT2D eigenvalue weighted by Gasteiger charge is -2.15. The molecule has 0 aliphatic rings. The van der Waals surface area contributed by atoms with Gasteiger partial charge in [-0.25, -0.2) is 0 Å². The smallest absolute Gasteiger partial charge is 0.302 e. The molecule has 0 saturated heterocycles. The highest BCUT2D eigenvalue weighted by atomic mass is 31.2. The van der Waals surface area contributed by atoms with Crippen LogP contribution in [0.2, 0.25) is 0 Å². The first-order valence-corrected chi connectivity index (χ1v) is 5.91. The van der Waals surface area contributed by atoms with Crippen LogP contribution in [0.5, 0.6) is 0 Å². The average molecular weight is 182 g/mol. The highest BCUT2D eigenvalue weighted by Gasteiger charge is 2.18. The van der Waals surface area contributed by atoms with E-state index in [4.69, 9.17) is 4.52 Å². The molecule has 0 saturated carbocycles. The minimum Gasteiger partial charge on any atom is -0.302 e. The summed E-state index contributed by atoms with van der Waals surface area (Å²) in [5.41, 5.74) is 0. The highest BCUT2D eigenvalue weighted by Crippen LogP contribution is 2.46. The molecule has 0 aromatic heterocycles. The lowest BCUT2D eigenvalue weighted by atomic mass is 10.2. The lowest BCUT2D eigenvalue weighted by molar-refractivity contribution is 0.176. The SMILES string of the molecule is CCCC(CC)OP(C)(=O)F. The molecule has 2 atom stereocenters. The van der Waals surface area contributed by atoms with Crippen LogP contribution in [0.15, 0.2) is 0 Å². The number of hydrogen-bond acceptors (Lipinski definition) is 2. The van der Waals surface area contributed by atoms with Crippen molar-refractivity contribution in [3.63, 3.8) is 0 Å². The van der Waals surface area contributed by atoms with Crippen molar-refractivity contribution < 1.29 is 13.3 Å². The fourth-order valence-electron chi connectivity index (χ4n) is 0.920. The van der Waals surface area contributed by atoms with E-state index in [9.17, 15) is 8.76 Å². The summed E-state index contributed by atoms with van der Waals surface area (Å²) in [5, 5.41) is 0. The molecule has 0 rings (SSSR count). The Labute approximate surface area is 67.7 Å². The zero-order chi connectivity index (χ0) is 8.91. The van der Waals surface area contributed by atoms with Gasteiger partial charge in [0, 0.05) is 6.66 Å². The summed E-state index contributed by atoms with van der Waals surface area (Å²) in [7, 11) is -3.77. The van der Waals surface area contributed by atoms with E-state index in [0.717, 1.165) is 25.9 Å². The molecule has 4 heteroatoms. The highest BCUT2D eigenvalue weighted by molar-refractivity contribution is 7.52. The molecule has 0 amide bonds. The molecular weight excluding hydrogens is 166 g/mol. The van der Waals surface area contributed by atoms with Crippen molar-refractivity contribution in [1.29, 1.82) is 0 Å². The molecule has 2 unspecified atom stereocenters. The lowest BCUT2D eigenvalue weighted by Crippen LogP contribution is -2.07. The van der Waals surface area contributed by atoms with Gasteiger partial charge >= 0.3 is 7.68 Å². The molecular formula is C7H16FO2P. The van der Waals surface area contributed by atoms with Crippen LogP contribution in [0, 0.1) is 0 Å². The minimum atomic E-state index is -3.77. The largest absolute Gasteiger partial charge is 0.364 e. The van der Waals surface area contributed by atoms with Crippen molar-refractivity contribution in [3.8, 4) is 0 Å². The van der Waals surface area contributed by atoms with Gasteiger partial charge in [-0.3, -0.25) is 4.57 Å². The van der Waals surface area contributed by atoms with Gasteiger partial charge in [0.2, 0.25) is 0 Å².